The number of aliphatic carboxylic acids is 1. The average Bonchev–Trinajstić information content (AvgIpc) is 3.11. The first-order chi connectivity index (χ1) is 8.08. The van der Waals surface area contributed by atoms with E-state index in [0.29, 0.717) is 26.1 Å². The largest absolute Gasteiger partial charge is 0.479 e. The van der Waals surface area contributed by atoms with E-state index in [4.69, 9.17) is 14.6 Å². The van der Waals surface area contributed by atoms with Crippen molar-refractivity contribution >= 4 is 5.97 Å². The van der Waals surface area contributed by atoms with Crippen LogP contribution >= 0.6 is 0 Å². The summed E-state index contributed by atoms with van der Waals surface area (Å²) in [5.74, 6) is -1.16. The quantitative estimate of drug-likeness (QED) is 0.748. The third-order valence-electron chi connectivity index (χ3n) is 4.18. The first-order valence-corrected chi connectivity index (χ1v) is 6.12. The molecule has 0 radical (unpaired) electrons. The van der Waals surface area contributed by atoms with E-state index in [1.54, 1.807) is 7.11 Å². The van der Waals surface area contributed by atoms with Crippen LogP contribution in [0.5, 0.6) is 0 Å². The smallest absolute Gasteiger partial charge is 0.333 e. The Hall–Kier alpha value is -0.650. The zero-order valence-electron chi connectivity index (χ0n) is 10.1. The van der Waals surface area contributed by atoms with Gasteiger partial charge < -0.3 is 19.7 Å². The van der Waals surface area contributed by atoms with Crippen molar-refractivity contribution in [2.75, 3.05) is 20.3 Å². The normalized spacial score (nSPS) is 33.1. The molecule has 1 saturated heterocycles. The molecule has 1 aliphatic heterocycles. The van der Waals surface area contributed by atoms with Gasteiger partial charge in [-0.25, -0.2) is 4.79 Å². The average molecular weight is 244 g/mol. The lowest BCUT2D eigenvalue weighted by Crippen LogP contribution is -2.55. The van der Waals surface area contributed by atoms with E-state index in [-0.39, 0.29) is 0 Å². The summed E-state index contributed by atoms with van der Waals surface area (Å²) in [5.41, 5.74) is -1.26. The van der Waals surface area contributed by atoms with Crippen molar-refractivity contribution in [1.29, 1.82) is 0 Å². The molecule has 98 valence electrons. The van der Waals surface area contributed by atoms with Gasteiger partial charge in [0.2, 0.25) is 0 Å². The van der Waals surface area contributed by atoms with Crippen molar-refractivity contribution in [3.63, 3.8) is 0 Å². The SMILES string of the molecule is COCC1(C2(C(O)C(=O)O)CC2)CCCCO1. The van der Waals surface area contributed by atoms with Crippen LogP contribution in [0.1, 0.15) is 32.1 Å². The van der Waals surface area contributed by atoms with Crippen molar-refractivity contribution in [3.8, 4) is 0 Å². The van der Waals surface area contributed by atoms with Gasteiger partial charge in [-0.3, -0.25) is 0 Å². The van der Waals surface area contributed by atoms with Crippen LogP contribution in [0.2, 0.25) is 0 Å². The van der Waals surface area contributed by atoms with Crippen LogP contribution in [-0.4, -0.2) is 48.2 Å². The Morgan fingerprint density at radius 3 is 2.53 bits per heavy atom. The van der Waals surface area contributed by atoms with E-state index in [0.717, 1.165) is 19.3 Å². The zero-order chi connectivity index (χ0) is 12.5. The second-order valence-corrected chi connectivity index (χ2v) is 5.13. The predicted molar refractivity (Wildman–Crippen MR) is 59.7 cm³/mol. The van der Waals surface area contributed by atoms with Gasteiger partial charge in [0, 0.05) is 19.1 Å². The van der Waals surface area contributed by atoms with Crippen molar-refractivity contribution < 1.29 is 24.5 Å². The Bertz CT molecular complexity index is 286. The molecule has 2 rings (SSSR count). The van der Waals surface area contributed by atoms with E-state index < -0.39 is 23.1 Å². The first kappa shape index (κ1) is 12.8. The highest BCUT2D eigenvalue weighted by Gasteiger charge is 2.66. The van der Waals surface area contributed by atoms with Gasteiger partial charge >= 0.3 is 5.97 Å². The fraction of sp³-hybridized carbons (Fsp3) is 0.917. The fourth-order valence-electron chi connectivity index (χ4n) is 3.08. The van der Waals surface area contributed by atoms with Crippen molar-refractivity contribution in [1.82, 2.24) is 0 Å². The van der Waals surface area contributed by atoms with Crippen molar-refractivity contribution in [2.45, 2.75) is 43.8 Å². The third kappa shape index (κ3) is 1.96. The molecule has 2 unspecified atom stereocenters. The molecule has 5 heteroatoms. The standard InChI is InChI=1S/C12H20O5/c1-16-8-12(4-2-3-7-17-12)11(5-6-11)9(13)10(14)15/h9,13H,2-8H2,1H3,(H,14,15). The second-order valence-electron chi connectivity index (χ2n) is 5.13. The van der Waals surface area contributed by atoms with Crippen LogP contribution in [0.25, 0.3) is 0 Å². The molecule has 0 amide bonds. The Kier molecular flexibility index (Phi) is 3.43. The van der Waals surface area contributed by atoms with Gasteiger partial charge in [0.05, 0.1) is 6.61 Å². The Morgan fingerprint density at radius 1 is 1.41 bits per heavy atom. The number of carboxylic acid groups (broad SMARTS) is 1. The minimum atomic E-state index is -1.35. The van der Waals surface area contributed by atoms with Gasteiger partial charge in [-0.2, -0.15) is 0 Å². The highest BCUT2D eigenvalue weighted by Crippen LogP contribution is 2.60. The minimum absolute atomic E-state index is 0.358. The van der Waals surface area contributed by atoms with Crippen molar-refractivity contribution in [2.24, 2.45) is 5.41 Å². The topological polar surface area (TPSA) is 76.0 Å². The molecule has 1 saturated carbocycles. The molecular formula is C12H20O5. The molecule has 0 aromatic rings. The highest BCUT2D eigenvalue weighted by molar-refractivity contribution is 5.74. The summed E-state index contributed by atoms with van der Waals surface area (Å²) < 4.78 is 11.1. The van der Waals surface area contributed by atoms with Gasteiger partial charge in [-0.1, -0.05) is 0 Å². The maximum atomic E-state index is 11.0. The number of carbonyl (C=O) groups is 1. The number of methoxy groups -OCH3 is 1. The molecular weight excluding hydrogens is 224 g/mol. The van der Waals surface area contributed by atoms with Crippen LogP contribution in [0.4, 0.5) is 0 Å². The Balaban J connectivity index is 2.23. The number of aliphatic hydroxyl groups excluding tert-OH is 1. The maximum absolute atomic E-state index is 11.0. The Morgan fingerprint density at radius 2 is 2.12 bits per heavy atom. The summed E-state index contributed by atoms with van der Waals surface area (Å²) >= 11 is 0. The van der Waals surface area contributed by atoms with E-state index in [1.807, 2.05) is 0 Å². The van der Waals surface area contributed by atoms with Gasteiger partial charge in [0.25, 0.3) is 0 Å². The maximum Gasteiger partial charge on any atom is 0.333 e. The summed E-state index contributed by atoms with van der Waals surface area (Å²) in [5, 5.41) is 19.0. The molecule has 0 aromatic heterocycles. The van der Waals surface area contributed by atoms with Crippen LogP contribution in [-0.2, 0) is 14.3 Å². The Labute approximate surface area is 101 Å². The number of ether oxygens (including phenoxy) is 2. The van der Waals surface area contributed by atoms with Crippen molar-refractivity contribution in [3.05, 3.63) is 0 Å². The van der Waals surface area contributed by atoms with Crippen LogP contribution < -0.4 is 0 Å². The van der Waals surface area contributed by atoms with E-state index in [1.165, 1.54) is 0 Å². The lowest BCUT2D eigenvalue weighted by molar-refractivity contribution is -0.193. The lowest BCUT2D eigenvalue weighted by atomic mass is 9.75. The van der Waals surface area contributed by atoms with Crippen LogP contribution in [0.3, 0.4) is 0 Å². The molecule has 0 aromatic carbocycles. The summed E-state index contributed by atoms with van der Waals surface area (Å²) in [7, 11) is 1.59. The second kappa shape index (κ2) is 4.55. The summed E-state index contributed by atoms with van der Waals surface area (Å²) in [6.45, 7) is 0.981. The molecule has 5 nitrogen and oxygen atoms in total. The lowest BCUT2D eigenvalue weighted by Gasteiger charge is -2.44. The summed E-state index contributed by atoms with van der Waals surface area (Å²) in [6, 6.07) is 0. The number of carboxylic acids is 1. The van der Waals surface area contributed by atoms with E-state index in [2.05, 4.69) is 0 Å². The van der Waals surface area contributed by atoms with E-state index in [9.17, 15) is 9.90 Å². The molecule has 1 aliphatic carbocycles. The molecule has 0 bridgehead atoms. The monoisotopic (exact) mass is 244 g/mol. The van der Waals surface area contributed by atoms with Crippen LogP contribution in [0.15, 0.2) is 0 Å². The first-order valence-electron chi connectivity index (χ1n) is 6.12. The molecule has 2 aliphatic rings. The van der Waals surface area contributed by atoms with E-state index >= 15 is 0 Å². The third-order valence-corrected chi connectivity index (χ3v) is 4.18. The number of aliphatic hydroxyl groups is 1. The molecule has 1 heterocycles. The fourth-order valence-corrected chi connectivity index (χ4v) is 3.08. The van der Waals surface area contributed by atoms with Gasteiger partial charge in [-0.05, 0) is 32.1 Å². The van der Waals surface area contributed by atoms with Crippen LogP contribution in [0, 0.1) is 5.41 Å². The number of rotatable bonds is 5. The van der Waals surface area contributed by atoms with Gasteiger partial charge in [0.15, 0.2) is 6.10 Å². The predicted octanol–water partition coefficient (Wildman–Crippen LogP) is 0.798. The molecule has 2 fully saturated rings. The number of hydrogen-bond donors (Lipinski definition) is 2. The molecule has 2 atom stereocenters. The molecule has 17 heavy (non-hydrogen) atoms. The van der Waals surface area contributed by atoms with Gasteiger partial charge in [0.1, 0.15) is 5.60 Å². The minimum Gasteiger partial charge on any atom is -0.479 e. The summed E-state index contributed by atoms with van der Waals surface area (Å²) in [4.78, 5) is 11.0. The molecule has 2 N–H and O–H groups in total. The van der Waals surface area contributed by atoms with Gasteiger partial charge in [-0.15, -0.1) is 0 Å². The highest BCUT2D eigenvalue weighted by atomic mass is 16.5. The number of hydrogen-bond acceptors (Lipinski definition) is 4. The molecule has 0 spiro atoms. The zero-order valence-corrected chi connectivity index (χ0v) is 10.1. The summed E-state index contributed by atoms with van der Waals surface area (Å²) in [6.07, 6.45) is 2.80.